The van der Waals surface area contributed by atoms with E-state index in [9.17, 15) is 4.79 Å². The number of esters is 1. The molecule has 0 radical (unpaired) electrons. The summed E-state index contributed by atoms with van der Waals surface area (Å²) in [6.45, 7) is 16.3. The molecule has 1 aliphatic rings. The second-order valence-electron chi connectivity index (χ2n) is 16.3. The predicted molar refractivity (Wildman–Crippen MR) is 217 cm³/mol. The van der Waals surface area contributed by atoms with E-state index in [1.807, 2.05) is 35.1 Å². The van der Waals surface area contributed by atoms with Gasteiger partial charge in [0, 0.05) is 65.3 Å². The van der Waals surface area contributed by atoms with E-state index in [4.69, 9.17) is 34.0 Å². The number of nitrogens with zero attached hydrogens (tertiary/aromatic N) is 5. The molecule has 1 saturated carbocycles. The maximum absolute atomic E-state index is 12.5. The van der Waals surface area contributed by atoms with Crippen LogP contribution in [0.4, 0.5) is 5.82 Å². The standard InChI is InChI=1S/C39H56BrN5O5Si2/c1-47-36(39(46)48-2)30-16-14-29(15-17-30)35-34(40)38(44(26-49-20-22-51(3,4)5)27-50-21-23-52(6,7)8)45-37(43-35)32(25-42-45)31-18-19-33(41-24-31)28-12-10-9-11-13-28/h9-13,18-19,24-25,29-30,36H,14-17,20-23,26-27H2,1-8H3/t29-,30-,36-/m1/s1. The van der Waals surface area contributed by atoms with Gasteiger partial charge in [0.2, 0.25) is 0 Å². The van der Waals surface area contributed by atoms with Crippen LogP contribution in [-0.2, 0) is 23.7 Å². The Kier molecular flexibility index (Phi) is 13.9. The van der Waals surface area contributed by atoms with Gasteiger partial charge in [-0.3, -0.25) is 4.98 Å². The zero-order valence-corrected chi connectivity index (χ0v) is 35.7. The first-order chi connectivity index (χ1) is 24.8. The fraction of sp³-hybridized carbons (Fsp3) is 0.538. The molecule has 1 fully saturated rings. The fourth-order valence-corrected chi connectivity index (χ4v) is 8.96. The zero-order chi connectivity index (χ0) is 37.5. The summed E-state index contributed by atoms with van der Waals surface area (Å²) in [7, 11) is 0.433. The molecule has 0 N–H and O–H groups in total. The molecule has 0 saturated heterocycles. The molecule has 3 heterocycles. The lowest BCUT2D eigenvalue weighted by Crippen LogP contribution is -2.35. The van der Waals surface area contributed by atoms with Gasteiger partial charge in [-0.1, -0.05) is 75.7 Å². The van der Waals surface area contributed by atoms with Gasteiger partial charge >= 0.3 is 5.97 Å². The predicted octanol–water partition coefficient (Wildman–Crippen LogP) is 9.11. The largest absolute Gasteiger partial charge is 0.467 e. The van der Waals surface area contributed by atoms with E-state index in [-0.39, 0.29) is 17.8 Å². The molecule has 282 valence electrons. The smallest absolute Gasteiger partial charge is 0.335 e. The lowest BCUT2D eigenvalue weighted by Gasteiger charge is -2.33. The summed E-state index contributed by atoms with van der Waals surface area (Å²) < 4.78 is 26.2. The van der Waals surface area contributed by atoms with Crippen LogP contribution in [-0.4, -0.2) is 88.7 Å². The number of benzene rings is 1. The van der Waals surface area contributed by atoms with Gasteiger partial charge in [0.05, 0.1) is 29.2 Å². The van der Waals surface area contributed by atoms with E-state index in [1.54, 1.807) is 7.11 Å². The van der Waals surface area contributed by atoms with Crippen LogP contribution in [0.2, 0.25) is 51.4 Å². The van der Waals surface area contributed by atoms with E-state index in [0.29, 0.717) is 26.7 Å². The molecule has 1 aliphatic carbocycles. The molecule has 10 nitrogen and oxygen atoms in total. The van der Waals surface area contributed by atoms with Crippen LogP contribution in [0.5, 0.6) is 0 Å². The molecule has 5 rings (SSSR count). The molecule has 52 heavy (non-hydrogen) atoms. The zero-order valence-electron chi connectivity index (χ0n) is 32.2. The summed E-state index contributed by atoms with van der Waals surface area (Å²) in [5, 5.41) is 4.94. The number of hydrogen-bond acceptors (Lipinski definition) is 9. The van der Waals surface area contributed by atoms with Gasteiger partial charge in [0.15, 0.2) is 17.6 Å². The number of anilines is 1. The van der Waals surface area contributed by atoms with E-state index in [2.05, 4.69) is 84.4 Å². The number of pyridine rings is 1. The van der Waals surface area contributed by atoms with Crippen molar-refractivity contribution < 1.29 is 23.7 Å². The SMILES string of the molecule is COC(=O)[C@H](OC)[C@H]1CC[C@H](c2nc3c(-c4ccc(-c5ccccc5)nc4)cnn3c(N(COCC[Si](C)(C)C)COCC[Si](C)(C)C)c2Br)CC1. The van der Waals surface area contributed by atoms with E-state index >= 15 is 0 Å². The van der Waals surface area contributed by atoms with Crippen LogP contribution >= 0.6 is 15.9 Å². The van der Waals surface area contributed by atoms with Crippen LogP contribution in [0, 0.1) is 5.92 Å². The van der Waals surface area contributed by atoms with Crippen LogP contribution < -0.4 is 4.90 Å². The first-order valence-electron chi connectivity index (χ1n) is 18.4. The second-order valence-corrected chi connectivity index (χ2v) is 28.3. The molecule has 1 aromatic carbocycles. The van der Waals surface area contributed by atoms with Crippen molar-refractivity contribution in [2.45, 2.75) is 89.1 Å². The summed E-state index contributed by atoms with van der Waals surface area (Å²) in [6, 6.07) is 16.5. The van der Waals surface area contributed by atoms with Crippen molar-refractivity contribution in [2.24, 2.45) is 5.92 Å². The van der Waals surface area contributed by atoms with Crippen LogP contribution in [0.3, 0.4) is 0 Å². The highest BCUT2D eigenvalue weighted by molar-refractivity contribution is 9.10. The topological polar surface area (TPSA) is 100 Å². The molecule has 0 unspecified atom stereocenters. The number of aromatic nitrogens is 4. The van der Waals surface area contributed by atoms with Gasteiger partial charge in [0.25, 0.3) is 0 Å². The number of halogens is 1. The lowest BCUT2D eigenvalue weighted by atomic mass is 9.78. The quantitative estimate of drug-likeness (QED) is 0.0448. The summed E-state index contributed by atoms with van der Waals surface area (Å²) in [4.78, 5) is 24.8. The molecular weight excluding hydrogens is 755 g/mol. The van der Waals surface area contributed by atoms with E-state index < -0.39 is 22.3 Å². The van der Waals surface area contributed by atoms with Gasteiger partial charge in [-0.15, -0.1) is 0 Å². The second kappa shape index (κ2) is 17.9. The van der Waals surface area contributed by atoms with Gasteiger partial charge in [-0.2, -0.15) is 9.61 Å². The summed E-state index contributed by atoms with van der Waals surface area (Å²) >= 11 is 4.04. The van der Waals surface area contributed by atoms with Crippen molar-refractivity contribution in [1.29, 1.82) is 0 Å². The van der Waals surface area contributed by atoms with E-state index in [0.717, 1.165) is 81.8 Å². The first kappa shape index (κ1) is 40.2. The van der Waals surface area contributed by atoms with Gasteiger partial charge in [-0.25, -0.2) is 9.78 Å². The minimum atomic E-state index is -1.28. The van der Waals surface area contributed by atoms with Crippen LogP contribution in [0.25, 0.3) is 28.0 Å². The Morgan fingerprint density at radius 3 is 2.06 bits per heavy atom. The third-order valence-electron chi connectivity index (χ3n) is 9.80. The minimum absolute atomic E-state index is 0.0893. The third-order valence-corrected chi connectivity index (χ3v) is 14.0. The summed E-state index contributed by atoms with van der Waals surface area (Å²) in [6.07, 6.45) is 6.60. The molecule has 0 bridgehead atoms. The number of hydrogen-bond donors (Lipinski definition) is 0. The lowest BCUT2D eigenvalue weighted by molar-refractivity contribution is -0.156. The van der Waals surface area contributed by atoms with Crippen molar-refractivity contribution in [3.63, 3.8) is 0 Å². The molecule has 0 amide bonds. The van der Waals surface area contributed by atoms with Crippen molar-refractivity contribution in [3.05, 3.63) is 65.0 Å². The third kappa shape index (κ3) is 10.4. The summed E-state index contributed by atoms with van der Waals surface area (Å²) in [5.41, 5.74) is 5.54. The molecule has 3 aromatic heterocycles. The maximum Gasteiger partial charge on any atom is 0.335 e. The number of rotatable bonds is 17. The number of fused-ring (bicyclic) bond motifs is 1. The molecular formula is C39H56BrN5O5Si2. The average Bonchev–Trinajstić information content (AvgIpc) is 3.54. The highest BCUT2D eigenvalue weighted by Crippen LogP contribution is 2.43. The van der Waals surface area contributed by atoms with E-state index in [1.165, 1.54) is 7.11 Å². The Morgan fingerprint density at radius 2 is 1.52 bits per heavy atom. The Balaban J connectivity index is 1.54. The van der Waals surface area contributed by atoms with Crippen LogP contribution in [0.1, 0.15) is 37.3 Å². The van der Waals surface area contributed by atoms with Gasteiger partial charge in [-0.05, 0) is 65.7 Å². The molecule has 4 aromatic rings. The summed E-state index contributed by atoms with van der Waals surface area (Å²) in [5.74, 6) is 0.788. The normalized spacial score (nSPS) is 17.3. The average molecular weight is 811 g/mol. The highest BCUT2D eigenvalue weighted by atomic mass is 79.9. The number of carbonyl (C=O) groups excluding carboxylic acids is 1. The van der Waals surface area contributed by atoms with Gasteiger partial charge in [0.1, 0.15) is 13.5 Å². The van der Waals surface area contributed by atoms with Crippen LogP contribution in [0.15, 0.2) is 59.3 Å². The Hall–Kier alpha value is -2.95. The molecule has 0 spiro atoms. The monoisotopic (exact) mass is 809 g/mol. The highest BCUT2D eigenvalue weighted by Gasteiger charge is 2.35. The molecule has 1 atom stereocenters. The first-order valence-corrected chi connectivity index (χ1v) is 26.6. The Morgan fingerprint density at radius 1 is 0.885 bits per heavy atom. The molecule has 0 aliphatic heterocycles. The minimum Gasteiger partial charge on any atom is -0.467 e. The van der Waals surface area contributed by atoms with Crippen molar-refractivity contribution in [3.8, 4) is 22.4 Å². The Bertz CT molecular complexity index is 1730. The van der Waals surface area contributed by atoms with Crippen molar-refractivity contribution in [1.82, 2.24) is 19.6 Å². The van der Waals surface area contributed by atoms with Crippen molar-refractivity contribution in [2.75, 3.05) is 45.8 Å². The number of carbonyl (C=O) groups is 1. The van der Waals surface area contributed by atoms with Crippen molar-refractivity contribution >= 4 is 49.5 Å². The fourth-order valence-electron chi connectivity index (χ4n) is 6.61. The Labute approximate surface area is 319 Å². The number of methoxy groups -OCH3 is 2. The molecule has 13 heteroatoms. The number of ether oxygens (including phenoxy) is 4. The maximum atomic E-state index is 12.5. The van der Waals surface area contributed by atoms with Gasteiger partial charge < -0.3 is 23.8 Å².